The molecule has 31 heavy (non-hydrogen) atoms. The van der Waals surface area contributed by atoms with Crippen molar-refractivity contribution in [3.05, 3.63) is 84.6 Å². The molecule has 0 saturated carbocycles. The van der Waals surface area contributed by atoms with Gasteiger partial charge in [0.2, 0.25) is 11.7 Å². The van der Waals surface area contributed by atoms with E-state index >= 15 is 0 Å². The van der Waals surface area contributed by atoms with Crippen molar-refractivity contribution < 1.29 is 9.90 Å². The van der Waals surface area contributed by atoms with Gasteiger partial charge in [0.1, 0.15) is 5.56 Å². The number of ketones is 1. The van der Waals surface area contributed by atoms with Gasteiger partial charge in [0.15, 0.2) is 0 Å². The number of carbonyl (C=O) groups is 1. The number of hydrogen-bond acceptors (Lipinski definition) is 5. The minimum Gasteiger partial charge on any atom is -0.493 e. The quantitative estimate of drug-likeness (QED) is 0.496. The lowest BCUT2D eigenvalue weighted by Crippen LogP contribution is -2.38. The predicted octanol–water partition coefficient (Wildman–Crippen LogP) is 2.63. The lowest BCUT2D eigenvalue weighted by atomic mass is 9.96. The number of hydrogen-bond donors (Lipinski definition) is 1. The summed E-state index contributed by atoms with van der Waals surface area (Å²) in [4.78, 5) is 39.6. The van der Waals surface area contributed by atoms with Gasteiger partial charge in [-0.25, -0.2) is 14.0 Å². The first-order chi connectivity index (χ1) is 14.6. The highest BCUT2D eigenvalue weighted by molar-refractivity contribution is 6.30. The summed E-state index contributed by atoms with van der Waals surface area (Å²) in [6.45, 7) is 3.27. The molecule has 158 valence electrons. The van der Waals surface area contributed by atoms with Crippen molar-refractivity contribution in [2.45, 2.75) is 13.8 Å². The van der Waals surface area contributed by atoms with E-state index in [1.165, 1.54) is 22.4 Å². The molecule has 0 aliphatic carbocycles. The first-order valence-corrected chi connectivity index (χ1v) is 9.79. The van der Waals surface area contributed by atoms with Crippen molar-refractivity contribution in [1.29, 1.82) is 0 Å². The molecule has 2 aromatic carbocycles. The van der Waals surface area contributed by atoms with E-state index in [2.05, 4.69) is 5.10 Å². The number of aromatic nitrogens is 4. The summed E-state index contributed by atoms with van der Waals surface area (Å²) in [7, 11) is 3.09. The molecule has 0 radical (unpaired) electrons. The van der Waals surface area contributed by atoms with Gasteiger partial charge in [0, 0.05) is 24.7 Å². The third-order valence-corrected chi connectivity index (χ3v) is 5.66. The molecule has 0 aliphatic rings. The number of carbonyl (C=O) groups excluding carboxylic acids is 1. The second-order valence-corrected chi connectivity index (χ2v) is 7.77. The van der Waals surface area contributed by atoms with E-state index in [-0.39, 0.29) is 22.4 Å². The minimum atomic E-state index is -0.556. The molecule has 0 aliphatic heterocycles. The molecular formula is C22H19ClN4O4. The molecule has 0 saturated heterocycles. The van der Waals surface area contributed by atoms with Crippen LogP contribution in [0.5, 0.6) is 5.88 Å². The molecule has 0 amide bonds. The van der Waals surface area contributed by atoms with E-state index < -0.39 is 17.0 Å². The van der Waals surface area contributed by atoms with Gasteiger partial charge in [-0.15, -0.1) is 0 Å². The van der Waals surface area contributed by atoms with E-state index in [1.54, 1.807) is 51.2 Å². The molecule has 2 aromatic heterocycles. The monoisotopic (exact) mass is 438 g/mol. The van der Waals surface area contributed by atoms with Gasteiger partial charge in [-0.05, 0) is 49.7 Å². The molecule has 0 unspecified atom stereocenters. The van der Waals surface area contributed by atoms with Crippen LogP contribution in [0.2, 0.25) is 5.02 Å². The zero-order valence-corrected chi connectivity index (χ0v) is 18.1. The van der Waals surface area contributed by atoms with Crippen molar-refractivity contribution in [3.63, 3.8) is 0 Å². The Balaban J connectivity index is 2.05. The van der Waals surface area contributed by atoms with Crippen LogP contribution in [0.3, 0.4) is 0 Å². The Kier molecular flexibility index (Phi) is 4.82. The van der Waals surface area contributed by atoms with Crippen molar-refractivity contribution in [1.82, 2.24) is 18.9 Å². The Labute approximate surface area is 181 Å². The summed E-state index contributed by atoms with van der Waals surface area (Å²) in [5.41, 5.74) is 0.741. The highest BCUT2D eigenvalue weighted by Crippen LogP contribution is 2.27. The molecule has 1 N–H and O–H groups in total. The molecule has 0 spiro atoms. The van der Waals surface area contributed by atoms with Crippen molar-refractivity contribution in [2.75, 3.05) is 0 Å². The maximum Gasteiger partial charge on any atom is 0.335 e. The van der Waals surface area contributed by atoms with Crippen LogP contribution in [0.4, 0.5) is 0 Å². The number of nitrogens with zero attached hydrogens (tertiary/aromatic N) is 4. The van der Waals surface area contributed by atoms with Gasteiger partial charge in [-0.1, -0.05) is 17.7 Å². The van der Waals surface area contributed by atoms with E-state index in [9.17, 15) is 19.5 Å². The van der Waals surface area contributed by atoms with Gasteiger partial charge in [-0.2, -0.15) is 5.10 Å². The number of aromatic hydroxyl groups is 1. The topological polar surface area (TPSA) is 99.1 Å². The van der Waals surface area contributed by atoms with E-state index in [0.29, 0.717) is 27.5 Å². The van der Waals surface area contributed by atoms with Gasteiger partial charge in [0.25, 0.3) is 5.56 Å². The van der Waals surface area contributed by atoms with Gasteiger partial charge in [-0.3, -0.25) is 14.2 Å². The van der Waals surface area contributed by atoms with Crippen molar-refractivity contribution >= 4 is 28.3 Å². The molecule has 0 atom stereocenters. The van der Waals surface area contributed by atoms with Crippen LogP contribution >= 0.6 is 11.6 Å². The Morgan fingerprint density at radius 1 is 1.10 bits per heavy atom. The summed E-state index contributed by atoms with van der Waals surface area (Å²) in [5, 5.41) is 15.0. The summed E-state index contributed by atoms with van der Waals surface area (Å²) >= 11 is 6.05. The summed E-state index contributed by atoms with van der Waals surface area (Å²) < 4.78 is 3.60. The molecule has 4 rings (SSSR count). The molecule has 0 fully saturated rings. The third-order valence-electron chi connectivity index (χ3n) is 5.43. The standard InChI is InChI=1S/C22H19ClN4O4/c1-11-15(19(28)18-12(2)24-26(4)20(18)29)8-9-16-17(11)21(30)27(22(31)25(16)3)14-7-5-6-13(23)10-14/h5-10,29H,1-4H3. The fourth-order valence-electron chi connectivity index (χ4n) is 3.83. The van der Waals surface area contributed by atoms with Gasteiger partial charge < -0.3 is 5.11 Å². The smallest absolute Gasteiger partial charge is 0.335 e. The SMILES string of the molecule is Cc1nn(C)c(O)c1C(=O)c1ccc2c(c1C)c(=O)n(-c1cccc(Cl)c1)c(=O)n2C. The summed E-state index contributed by atoms with van der Waals surface area (Å²) in [6.07, 6.45) is 0. The molecule has 4 aromatic rings. The number of aryl methyl sites for hydroxylation is 4. The van der Waals surface area contributed by atoms with E-state index in [1.807, 2.05) is 0 Å². The van der Waals surface area contributed by atoms with Crippen LogP contribution in [0.1, 0.15) is 27.2 Å². The second kappa shape index (κ2) is 7.24. The Bertz CT molecular complexity index is 1510. The third kappa shape index (κ3) is 3.07. The number of fused-ring (bicyclic) bond motifs is 1. The van der Waals surface area contributed by atoms with Crippen LogP contribution in [0.15, 0.2) is 46.0 Å². The number of benzene rings is 2. The fourth-order valence-corrected chi connectivity index (χ4v) is 4.02. The second-order valence-electron chi connectivity index (χ2n) is 7.33. The average molecular weight is 439 g/mol. The molecule has 0 bridgehead atoms. The van der Waals surface area contributed by atoms with Crippen LogP contribution in [-0.4, -0.2) is 29.8 Å². The highest BCUT2D eigenvalue weighted by Gasteiger charge is 2.25. The molecule has 8 nitrogen and oxygen atoms in total. The van der Waals surface area contributed by atoms with Crippen molar-refractivity contribution in [3.8, 4) is 11.6 Å². The van der Waals surface area contributed by atoms with E-state index in [0.717, 1.165) is 4.57 Å². The molecular weight excluding hydrogens is 420 g/mol. The van der Waals surface area contributed by atoms with Gasteiger partial charge in [0.05, 0.1) is 22.3 Å². The first kappa shape index (κ1) is 20.6. The predicted molar refractivity (Wildman–Crippen MR) is 118 cm³/mol. The first-order valence-electron chi connectivity index (χ1n) is 9.42. The van der Waals surface area contributed by atoms with Crippen LogP contribution in [0, 0.1) is 13.8 Å². The Morgan fingerprint density at radius 2 is 1.81 bits per heavy atom. The summed E-state index contributed by atoms with van der Waals surface area (Å²) in [5.74, 6) is -0.705. The number of halogens is 1. The minimum absolute atomic E-state index is 0.0740. The van der Waals surface area contributed by atoms with Crippen molar-refractivity contribution in [2.24, 2.45) is 14.1 Å². The number of rotatable bonds is 3. The van der Waals surface area contributed by atoms with Crippen LogP contribution in [-0.2, 0) is 14.1 Å². The fraction of sp³-hybridized carbons (Fsp3) is 0.182. The lowest BCUT2D eigenvalue weighted by Gasteiger charge is -2.14. The molecule has 9 heteroatoms. The molecule has 2 heterocycles. The van der Waals surface area contributed by atoms with Crippen LogP contribution < -0.4 is 11.2 Å². The summed E-state index contributed by atoms with van der Waals surface area (Å²) in [6, 6.07) is 9.54. The largest absolute Gasteiger partial charge is 0.493 e. The maximum atomic E-state index is 13.4. The van der Waals surface area contributed by atoms with E-state index in [4.69, 9.17) is 11.6 Å². The average Bonchev–Trinajstić information content (AvgIpc) is 2.97. The highest BCUT2D eigenvalue weighted by atomic mass is 35.5. The zero-order valence-electron chi connectivity index (χ0n) is 17.3. The maximum absolute atomic E-state index is 13.4. The lowest BCUT2D eigenvalue weighted by molar-refractivity contribution is 0.103. The Morgan fingerprint density at radius 3 is 2.42 bits per heavy atom. The van der Waals surface area contributed by atoms with Crippen LogP contribution in [0.25, 0.3) is 16.6 Å². The van der Waals surface area contributed by atoms with Gasteiger partial charge >= 0.3 is 5.69 Å². The Hall–Kier alpha value is -3.65. The zero-order chi connectivity index (χ0) is 22.6. The normalized spacial score (nSPS) is 11.3.